The van der Waals surface area contributed by atoms with Crippen molar-refractivity contribution in [3.05, 3.63) is 47.4 Å². The lowest BCUT2D eigenvalue weighted by atomic mass is 10.1. The summed E-state index contributed by atoms with van der Waals surface area (Å²) < 4.78 is 37.2. The fraction of sp³-hybridized carbons (Fsp3) is 0.545. The standard InChI is InChI=1S/C22H34F2N5O5P/c1-4-16(13(3)34-5-2)20(31)29-8-9-33-12-15(29)11-27-19(30)17-7-6-14(10-26-17)18(25)28-21(32)22(23,24)35/h4,6-7,15,18,21,26,28,32H,1,5,8-12,25,35H2,2-3H3,(H,27,30)/b16-13+/t15-,18?,21?/m0/s1. The summed E-state index contributed by atoms with van der Waals surface area (Å²) in [5.74, 6) is -0.195. The molecule has 0 aromatic heterocycles. The second-order valence-corrected chi connectivity index (χ2v) is 8.71. The van der Waals surface area contributed by atoms with Crippen molar-refractivity contribution in [1.82, 2.24) is 20.9 Å². The number of carbonyl (C=O) groups excluding carboxylic acids is 2. The fourth-order valence-electron chi connectivity index (χ4n) is 3.49. The van der Waals surface area contributed by atoms with Gasteiger partial charge in [-0.2, -0.15) is 8.78 Å². The van der Waals surface area contributed by atoms with Crippen LogP contribution in [-0.4, -0.2) is 85.4 Å². The third-order valence-corrected chi connectivity index (χ3v) is 5.77. The van der Waals surface area contributed by atoms with E-state index in [4.69, 9.17) is 15.2 Å². The van der Waals surface area contributed by atoms with E-state index in [1.54, 1.807) is 11.8 Å². The molecule has 0 saturated carbocycles. The Bertz CT molecular complexity index is 890. The van der Waals surface area contributed by atoms with Gasteiger partial charge in [-0.15, -0.1) is 0 Å². The van der Waals surface area contributed by atoms with E-state index in [1.165, 1.54) is 27.5 Å². The molecule has 0 bridgehead atoms. The van der Waals surface area contributed by atoms with Crippen LogP contribution in [-0.2, 0) is 19.1 Å². The highest BCUT2D eigenvalue weighted by Crippen LogP contribution is 2.25. The average Bonchev–Trinajstić information content (AvgIpc) is 2.82. The largest absolute Gasteiger partial charge is 0.498 e. The van der Waals surface area contributed by atoms with Crippen LogP contribution in [0.25, 0.3) is 0 Å². The molecule has 196 valence electrons. The fourth-order valence-corrected chi connectivity index (χ4v) is 3.59. The van der Waals surface area contributed by atoms with E-state index in [0.29, 0.717) is 36.7 Å². The Labute approximate surface area is 205 Å². The molecule has 6 N–H and O–H groups in total. The number of morpholine rings is 1. The maximum atomic E-state index is 13.1. The number of ether oxygens (including phenoxy) is 2. The number of carbonyl (C=O) groups is 2. The molecule has 4 atom stereocenters. The topological polar surface area (TPSA) is 138 Å². The highest BCUT2D eigenvalue weighted by atomic mass is 31.0. The Kier molecular flexibility index (Phi) is 10.8. The summed E-state index contributed by atoms with van der Waals surface area (Å²) in [6, 6.07) is -0.396. The molecule has 2 aliphatic heterocycles. The van der Waals surface area contributed by atoms with Crippen molar-refractivity contribution in [1.29, 1.82) is 0 Å². The van der Waals surface area contributed by atoms with Gasteiger partial charge in [0.25, 0.3) is 17.5 Å². The molecule has 2 rings (SSSR count). The number of nitrogens with two attached hydrogens (primary N) is 1. The Morgan fingerprint density at radius 2 is 2.23 bits per heavy atom. The van der Waals surface area contributed by atoms with Crippen LogP contribution >= 0.6 is 9.24 Å². The van der Waals surface area contributed by atoms with Gasteiger partial charge < -0.3 is 35.8 Å². The number of aliphatic hydroxyl groups excluding tert-OH is 1. The number of dihydropyridines is 1. The minimum absolute atomic E-state index is 0.115. The number of allylic oxidation sites excluding steroid dienone is 3. The van der Waals surface area contributed by atoms with E-state index in [9.17, 15) is 23.5 Å². The normalized spacial score (nSPS) is 21.0. The molecule has 2 aliphatic rings. The third kappa shape index (κ3) is 8.08. The van der Waals surface area contributed by atoms with E-state index in [-0.39, 0.29) is 31.3 Å². The number of nitrogens with one attached hydrogen (secondary N) is 3. The van der Waals surface area contributed by atoms with Crippen LogP contribution in [0.5, 0.6) is 0 Å². The van der Waals surface area contributed by atoms with Gasteiger partial charge in [-0.1, -0.05) is 28.0 Å². The number of amides is 2. The zero-order valence-corrected chi connectivity index (χ0v) is 21.0. The second-order valence-electron chi connectivity index (χ2n) is 7.94. The average molecular weight is 518 g/mol. The number of aliphatic hydroxyl groups is 1. The summed E-state index contributed by atoms with van der Waals surface area (Å²) in [6.07, 6.45) is 1.25. The molecule has 2 heterocycles. The third-order valence-electron chi connectivity index (χ3n) is 5.45. The summed E-state index contributed by atoms with van der Waals surface area (Å²) >= 11 is 0. The van der Waals surface area contributed by atoms with Gasteiger partial charge in [-0.05, 0) is 25.5 Å². The van der Waals surface area contributed by atoms with Crippen LogP contribution in [0.1, 0.15) is 13.8 Å². The van der Waals surface area contributed by atoms with Crippen molar-refractivity contribution in [2.75, 3.05) is 39.5 Å². The van der Waals surface area contributed by atoms with E-state index in [0.717, 1.165) is 0 Å². The number of alkyl halides is 2. The first-order valence-corrected chi connectivity index (χ1v) is 11.7. The van der Waals surface area contributed by atoms with Crippen molar-refractivity contribution in [3.63, 3.8) is 0 Å². The number of hydrogen-bond donors (Lipinski definition) is 5. The maximum Gasteiger partial charge on any atom is 0.297 e. The van der Waals surface area contributed by atoms with Crippen molar-refractivity contribution in [2.45, 2.75) is 37.9 Å². The minimum Gasteiger partial charge on any atom is -0.498 e. The van der Waals surface area contributed by atoms with Gasteiger partial charge in [0.1, 0.15) is 11.5 Å². The molecule has 13 heteroatoms. The lowest BCUT2D eigenvalue weighted by Gasteiger charge is -2.36. The first kappa shape index (κ1) is 28.9. The van der Waals surface area contributed by atoms with Crippen molar-refractivity contribution >= 4 is 21.1 Å². The van der Waals surface area contributed by atoms with Gasteiger partial charge in [0.2, 0.25) is 0 Å². The van der Waals surface area contributed by atoms with Crippen LogP contribution < -0.4 is 21.7 Å². The predicted octanol–water partition coefficient (Wildman–Crippen LogP) is -0.0993. The minimum atomic E-state index is -3.44. The van der Waals surface area contributed by atoms with Crippen molar-refractivity contribution < 1.29 is 33.0 Å². The quantitative estimate of drug-likeness (QED) is 0.0843. The lowest BCUT2D eigenvalue weighted by Crippen LogP contribution is -2.54. The highest BCUT2D eigenvalue weighted by Gasteiger charge is 2.34. The van der Waals surface area contributed by atoms with E-state index in [2.05, 4.69) is 22.5 Å². The molecular formula is C22H34F2N5O5P. The summed E-state index contributed by atoms with van der Waals surface area (Å²) in [5.41, 5.74) is 3.45. The zero-order valence-electron chi connectivity index (χ0n) is 19.9. The molecular weight excluding hydrogens is 483 g/mol. The van der Waals surface area contributed by atoms with Gasteiger partial charge >= 0.3 is 0 Å². The number of rotatable bonds is 11. The molecule has 1 saturated heterocycles. The van der Waals surface area contributed by atoms with Crippen LogP contribution in [0.4, 0.5) is 8.78 Å². The van der Waals surface area contributed by atoms with Gasteiger partial charge in [-0.3, -0.25) is 14.9 Å². The first-order chi connectivity index (χ1) is 16.5. The Morgan fingerprint density at radius 1 is 1.51 bits per heavy atom. The second kappa shape index (κ2) is 13.1. The van der Waals surface area contributed by atoms with Gasteiger partial charge in [0.15, 0.2) is 6.23 Å². The number of halogens is 2. The highest BCUT2D eigenvalue weighted by molar-refractivity contribution is 7.18. The zero-order chi connectivity index (χ0) is 26.2. The molecule has 1 fully saturated rings. The Morgan fingerprint density at radius 3 is 2.80 bits per heavy atom. The van der Waals surface area contributed by atoms with Gasteiger partial charge in [-0.25, -0.2) is 0 Å². The summed E-state index contributed by atoms with van der Waals surface area (Å²) in [6.45, 7) is 8.91. The molecule has 0 aliphatic carbocycles. The predicted molar refractivity (Wildman–Crippen MR) is 130 cm³/mol. The lowest BCUT2D eigenvalue weighted by molar-refractivity contribution is -0.136. The molecule has 2 amide bonds. The van der Waals surface area contributed by atoms with E-state index in [1.807, 2.05) is 6.92 Å². The summed E-state index contributed by atoms with van der Waals surface area (Å²) in [4.78, 5) is 27.3. The first-order valence-electron chi connectivity index (χ1n) is 11.1. The van der Waals surface area contributed by atoms with Crippen LogP contribution in [0.2, 0.25) is 0 Å². The van der Waals surface area contributed by atoms with E-state index < -0.39 is 30.0 Å². The molecule has 35 heavy (non-hydrogen) atoms. The molecule has 0 aromatic rings. The molecule has 10 nitrogen and oxygen atoms in total. The smallest absolute Gasteiger partial charge is 0.297 e. The number of nitrogens with zero attached hydrogens (tertiary/aromatic N) is 1. The van der Waals surface area contributed by atoms with Crippen LogP contribution in [0.15, 0.2) is 47.4 Å². The Hall–Kier alpha value is -2.37. The van der Waals surface area contributed by atoms with Crippen LogP contribution in [0.3, 0.4) is 0 Å². The van der Waals surface area contributed by atoms with Gasteiger partial charge in [0, 0.05) is 19.6 Å². The van der Waals surface area contributed by atoms with Crippen LogP contribution in [0, 0.1) is 0 Å². The van der Waals surface area contributed by atoms with Gasteiger partial charge in [0.05, 0.1) is 37.6 Å². The van der Waals surface area contributed by atoms with Crippen molar-refractivity contribution in [3.8, 4) is 0 Å². The number of hydrogen-bond acceptors (Lipinski definition) is 8. The summed E-state index contributed by atoms with van der Waals surface area (Å²) in [5, 5.41) is 17.3. The van der Waals surface area contributed by atoms with Crippen molar-refractivity contribution in [2.24, 2.45) is 5.73 Å². The molecule has 3 unspecified atom stereocenters. The Balaban J connectivity index is 2.00. The molecule has 0 aromatic carbocycles. The SMILES string of the molecule is C=C/C(C(=O)N1CCOC[C@@H]1CNC(=O)C1=CC=C(C(N)NC(O)C(F)(F)P)CN1)=C(/C)OCC. The summed E-state index contributed by atoms with van der Waals surface area (Å²) in [7, 11) is 1.24. The van der Waals surface area contributed by atoms with E-state index >= 15 is 0 Å². The maximum absolute atomic E-state index is 13.1. The monoisotopic (exact) mass is 517 g/mol. The molecule has 0 spiro atoms. The molecule has 0 radical (unpaired) electrons.